The van der Waals surface area contributed by atoms with E-state index in [2.05, 4.69) is 22.4 Å². The molecule has 2 aliphatic rings. The first-order chi connectivity index (χ1) is 15.7. The maximum Gasteiger partial charge on any atom is 0.252 e. The van der Waals surface area contributed by atoms with Crippen molar-refractivity contribution >= 4 is 5.91 Å². The summed E-state index contributed by atoms with van der Waals surface area (Å²) in [6, 6.07) is 13.6. The van der Waals surface area contributed by atoms with E-state index < -0.39 is 23.4 Å². The number of ether oxygens (including phenoxy) is 1. The molecule has 178 valence electrons. The summed E-state index contributed by atoms with van der Waals surface area (Å²) in [5.74, 6) is -0.152. The van der Waals surface area contributed by atoms with E-state index in [1.54, 1.807) is 18.3 Å². The summed E-state index contributed by atoms with van der Waals surface area (Å²) >= 11 is 0. The zero-order valence-electron chi connectivity index (χ0n) is 19.6. The molecule has 0 saturated carbocycles. The number of rotatable bonds is 6. The first-order valence-electron chi connectivity index (χ1n) is 11.7. The zero-order valence-corrected chi connectivity index (χ0v) is 19.6. The van der Waals surface area contributed by atoms with E-state index in [9.17, 15) is 15.0 Å². The van der Waals surface area contributed by atoms with Crippen LogP contribution in [0, 0.1) is 0 Å². The van der Waals surface area contributed by atoms with Crippen LogP contribution in [0.4, 0.5) is 0 Å². The van der Waals surface area contributed by atoms with Crippen LogP contribution in [0.15, 0.2) is 54.9 Å². The molecule has 1 amide bonds. The lowest BCUT2D eigenvalue weighted by Crippen LogP contribution is -2.61. The molecule has 7 heteroatoms. The number of likely N-dealkylation sites (N-methyl/N-ethyl adjacent to an activating group) is 1. The van der Waals surface area contributed by atoms with Gasteiger partial charge in [-0.25, -0.2) is 0 Å². The molecular weight excluding hydrogens is 418 g/mol. The normalized spacial score (nSPS) is 32.7. The van der Waals surface area contributed by atoms with Crippen molar-refractivity contribution in [3.8, 4) is 0 Å². The summed E-state index contributed by atoms with van der Waals surface area (Å²) in [5.41, 5.74) is -0.0683. The lowest BCUT2D eigenvalue weighted by atomic mass is 9.72. The van der Waals surface area contributed by atoms with E-state index in [1.807, 2.05) is 44.1 Å². The van der Waals surface area contributed by atoms with Gasteiger partial charge in [0.1, 0.15) is 6.10 Å². The van der Waals surface area contributed by atoms with Gasteiger partial charge in [-0.15, -0.1) is 0 Å². The first kappa shape index (κ1) is 23.8. The van der Waals surface area contributed by atoms with Crippen molar-refractivity contribution in [2.24, 2.45) is 0 Å². The van der Waals surface area contributed by atoms with Crippen molar-refractivity contribution in [1.29, 1.82) is 0 Å². The Morgan fingerprint density at radius 1 is 1.24 bits per heavy atom. The van der Waals surface area contributed by atoms with Gasteiger partial charge in [0, 0.05) is 25.0 Å². The standard InChI is InChI=1S/C26H35N3O4/c1-25-14-20(18-8-5-4-6-9-18)15-26(33-25,12-11-21(23(25)31)29(2)3)22(30)17-28-24(32)19-10-7-13-27-16-19/h4-10,13,16,20-23,30-31H,11-12,14-15,17H2,1-3H3,(H,28,32)/t20-,21-,22?,23+,25+,26+/m1/s1. The summed E-state index contributed by atoms with van der Waals surface area (Å²) in [4.78, 5) is 18.6. The highest BCUT2D eigenvalue weighted by Crippen LogP contribution is 2.51. The Morgan fingerprint density at radius 3 is 2.67 bits per heavy atom. The molecule has 0 radical (unpaired) electrons. The minimum Gasteiger partial charge on any atom is -0.388 e. The Balaban J connectivity index is 1.62. The molecule has 2 aromatic rings. The Morgan fingerprint density at radius 2 is 2.00 bits per heavy atom. The molecule has 6 atom stereocenters. The summed E-state index contributed by atoms with van der Waals surface area (Å²) < 4.78 is 6.68. The minimum absolute atomic E-state index is 0.0635. The molecule has 1 aromatic carbocycles. The van der Waals surface area contributed by atoms with Crippen LogP contribution in [0.5, 0.6) is 0 Å². The highest BCUT2D eigenvalue weighted by atomic mass is 16.6. The van der Waals surface area contributed by atoms with E-state index >= 15 is 0 Å². The number of aliphatic hydroxyl groups excluding tert-OH is 2. The molecule has 0 spiro atoms. The molecule has 2 saturated heterocycles. The third-order valence-electron chi connectivity index (χ3n) is 7.45. The number of nitrogens with one attached hydrogen (secondary N) is 1. The number of aromatic nitrogens is 1. The number of pyridine rings is 1. The minimum atomic E-state index is -0.919. The Labute approximate surface area is 195 Å². The monoisotopic (exact) mass is 453 g/mol. The third-order valence-corrected chi connectivity index (χ3v) is 7.45. The van der Waals surface area contributed by atoms with E-state index in [4.69, 9.17) is 4.74 Å². The Kier molecular flexibility index (Phi) is 6.86. The molecule has 3 N–H and O–H groups in total. The second-order valence-corrected chi connectivity index (χ2v) is 9.98. The van der Waals surface area contributed by atoms with Crippen molar-refractivity contribution in [3.63, 3.8) is 0 Å². The van der Waals surface area contributed by atoms with E-state index in [0.29, 0.717) is 31.2 Å². The fraction of sp³-hybridized carbons (Fsp3) is 0.538. The molecule has 3 heterocycles. The van der Waals surface area contributed by atoms with Gasteiger partial charge in [-0.1, -0.05) is 30.3 Å². The van der Waals surface area contributed by atoms with Crippen LogP contribution in [0.25, 0.3) is 0 Å². The van der Waals surface area contributed by atoms with Crippen LogP contribution in [-0.4, -0.2) is 76.1 Å². The quantitative estimate of drug-likeness (QED) is 0.622. The number of hydrogen-bond donors (Lipinski definition) is 3. The van der Waals surface area contributed by atoms with Crippen molar-refractivity contribution in [3.05, 3.63) is 66.0 Å². The second-order valence-electron chi connectivity index (χ2n) is 9.98. The Bertz CT molecular complexity index is 941. The number of benzene rings is 1. The number of carbonyl (C=O) groups is 1. The SMILES string of the molecule is CN(C)[C@@H]1CC[C@@]2(C(O)CNC(=O)c3cccnc3)C[C@H](c3ccccc3)C[C@](C)(O2)[C@H]1O. The number of hydrogen-bond acceptors (Lipinski definition) is 6. The van der Waals surface area contributed by atoms with Crippen LogP contribution in [0.3, 0.4) is 0 Å². The molecule has 2 fully saturated rings. The number of amides is 1. The van der Waals surface area contributed by atoms with Gasteiger partial charge < -0.3 is 25.2 Å². The second kappa shape index (κ2) is 9.50. The zero-order chi connectivity index (χ0) is 23.6. The number of aliphatic hydroxyl groups is 2. The topological polar surface area (TPSA) is 94.9 Å². The maximum atomic E-state index is 12.6. The van der Waals surface area contributed by atoms with Gasteiger partial charge in [0.2, 0.25) is 0 Å². The largest absolute Gasteiger partial charge is 0.388 e. The van der Waals surface area contributed by atoms with Crippen LogP contribution >= 0.6 is 0 Å². The fourth-order valence-electron chi connectivity index (χ4n) is 5.66. The highest BCUT2D eigenvalue weighted by Gasteiger charge is 2.57. The van der Waals surface area contributed by atoms with Crippen LogP contribution in [-0.2, 0) is 4.74 Å². The van der Waals surface area contributed by atoms with E-state index in [-0.39, 0.29) is 24.4 Å². The molecule has 1 aromatic heterocycles. The predicted molar refractivity (Wildman–Crippen MR) is 126 cm³/mol. The average Bonchev–Trinajstić information content (AvgIpc) is 2.90. The van der Waals surface area contributed by atoms with E-state index in [0.717, 1.165) is 0 Å². The lowest BCUT2D eigenvalue weighted by molar-refractivity contribution is -0.250. The number of carbonyl (C=O) groups excluding carboxylic acids is 1. The van der Waals surface area contributed by atoms with Crippen molar-refractivity contribution in [2.75, 3.05) is 20.6 Å². The average molecular weight is 454 g/mol. The summed E-state index contributed by atoms with van der Waals surface area (Å²) in [6.07, 6.45) is 4.08. The van der Waals surface area contributed by atoms with Crippen molar-refractivity contribution in [2.45, 2.75) is 68.0 Å². The summed E-state index contributed by atoms with van der Waals surface area (Å²) in [7, 11) is 3.94. The Hall–Kier alpha value is -2.32. The van der Waals surface area contributed by atoms with Gasteiger partial charge in [0.15, 0.2) is 0 Å². The number of nitrogens with zero attached hydrogens (tertiary/aromatic N) is 2. The van der Waals surface area contributed by atoms with E-state index in [1.165, 1.54) is 11.8 Å². The summed E-state index contributed by atoms with van der Waals surface area (Å²) in [5, 5.41) is 25.7. The van der Waals surface area contributed by atoms with Crippen molar-refractivity contribution in [1.82, 2.24) is 15.2 Å². The lowest BCUT2D eigenvalue weighted by Gasteiger charge is -2.52. The van der Waals surface area contributed by atoms with Crippen LogP contribution in [0.1, 0.15) is 54.4 Å². The van der Waals surface area contributed by atoms with Crippen molar-refractivity contribution < 1.29 is 19.7 Å². The predicted octanol–water partition coefficient (Wildman–Crippen LogP) is 2.35. The molecule has 1 unspecified atom stereocenters. The molecule has 33 heavy (non-hydrogen) atoms. The molecule has 2 aliphatic heterocycles. The smallest absolute Gasteiger partial charge is 0.252 e. The molecule has 0 aliphatic carbocycles. The van der Waals surface area contributed by atoms with Gasteiger partial charge in [-0.05, 0) is 70.3 Å². The van der Waals surface area contributed by atoms with Gasteiger partial charge in [0.25, 0.3) is 5.91 Å². The summed E-state index contributed by atoms with van der Waals surface area (Å²) in [6.45, 7) is 2.03. The van der Waals surface area contributed by atoms with Crippen LogP contribution < -0.4 is 5.32 Å². The van der Waals surface area contributed by atoms with Gasteiger partial charge in [-0.3, -0.25) is 9.78 Å². The first-order valence-corrected chi connectivity index (χ1v) is 11.7. The van der Waals surface area contributed by atoms with Gasteiger partial charge >= 0.3 is 0 Å². The van der Waals surface area contributed by atoms with Crippen LogP contribution in [0.2, 0.25) is 0 Å². The molecule has 2 bridgehead atoms. The van der Waals surface area contributed by atoms with Gasteiger partial charge in [0.05, 0.1) is 22.9 Å². The number of fused-ring (bicyclic) bond motifs is 2. The molecule has 7 nitrogen and oxygen atoms in total. The molecular formula is C26H35N3O4. The van der Waals surface area contributed by atoms with Gasteiger partial charge in [-0.2, -0.15) is 0 Å². The fourth-order valence-corrected chi connectivity index (χ4v) is 5.66. The molecule has 4 rings (SSSR count). The maximum absolute atomic E-state index is 12.6. The third kappa shape index (κ3) is 4.82. The highest BCUT2D eigenvalue weighted by molar-refractivity contribution is 5.93.